The lowest BCUT2D eigenvalue weighted by atomic mass is 10.2. The smallest absolute Gasteiger partial charge is 0.320 e. The van der Waals surface area contributed by atoms with E-state index in [1.165, 1.54) is 23.7 Å². The van der Waals surface area contributed by atoms with Crippen molar-refractivity contribution in [3.8, 4) is 10.6 Å². The van der Waals surface area contributed by atoms with E-state index in [9.17, 15) is 18.0 Å². The Morgan fingerprint density at radius 2 is 1.96 bits per heavy atom. The highest BCUT2D eigenvalue weighted by atomic mass is 79.9. The lowest BCUT2D eigenvalue weighted by molar-refractivity contribution is -0.142. The summed E-state index contributed by atoms with van der Waals surface area (Å²) in [5, 5.41) is 8.17. The summed E-state index contributed by atoms with van der Waals surface area (Å²) in [6.45, 7) is 0. The summed E-state index contributed by atoms with van der Waals surface area (Å²) in [5.41, 5.74) is -0.746. The molecule has 4 rings (SSSR count). The van der Waals surface area contributed by atoms with Gasteiger partial charge in [-0.3, -0.25) is 9.78 Å². The van der Waals surface area contributed by atoms with Gasteiger partial charge in [-0.05, 0) is 45.6 Å². The average molecular weight is 468 g/mol. The molecule has 6 nitrogen and oxygen atoms in total. The van der Waals surface area contributed by atoms with Crippen LogP contribution in [0.3, 0.4) is 0 Å². The molecule has 1 N–H and O–H groups in total. The second-order valence-corrected chi connectivity index (χ2v) is 7.33. The quantitative estimate of drug-likeness (QED) is 0.465. The van der Waals surface area contributed by atoms with Crippen LogP contribution in [0.15, 0.2) is 52.6 Å². The molecule has 0 atom stereocenters. The first-order chi connectivity index (χ1) is 13.3. The molecule has 0 spiro atoms. The summed E-state index contributed by atoms with van der Waals surface area (Å²) in [6.07, 6.45) is -1.73. The Morgan fingerprint density at radius 3 is 2.61 bits per heavy atom. The van der Waals surface area contributed by atoms with Crippen molar-refractivity contribution in [1.82, 2.24) is 19.6 Å². The Kier molecular flexibility index (Phi) is 4.63. The van der Waals surface area contributed by atoms with Crippen LogP contribution in [0.4, 0.5) is 18.9 Å². The number of rotatable bonds is 3. The van der Waals surface area contributed by atoms with E-state index in [1.54, 1.807) is 29.6 Å². The summed E-state index contributed by atoms with van der Waals surface area (Å²) in [5.74, 6) is -0.672. The maximum Gasteiger partial charge on any atom is 0.433 e. The average Bonchev–Trinajstić information content (AvgIpc) is 3.30. The first-order valence-electron chi connectivity index (χ1n) is 7.76. The zero-order valence-corrected chi connectivity index (χ0v) is 16.1. The van der Waals surface area contributed by atoms with Crippen LogP contribution >= 0.6 is 27.3 Å². The predicted octanol–water partition coefficient (Wildman–Crippen LogP) is 4.89. The van der Waals surface area contributed by atoms with Crippen LogP contribution in [0, 0.1) is 0 Å². The topological polar surface area (TPSA) is 72.2 Å². The summed E-state index contributed by atoms with van der Waals surface area (Å²) in [6, 6.07) is 7.41. The van der Waals surface area contributed by atoms with Crippen LogP contribution in [0.25, 0.3) is 16.2 Å². The molecule has 4 aromatic rings. The van der Waals surface area contributed by atoms with Crippen molar-refractivity contribution in [1.29, 1.82) is 0 Å². The van der Waals surface area contributed by atoms with Crippen LogP contribution in [0.2, 0.25) is 0 Å². The third kappa shape index (κ3) is 3.38. The fourth-order valence-corrected chi connectivity index (χ4v) is 3.72. The summed E-state index contributed by atoms with van der Waals surface area (Å²) in [7, 11) is 0. The normalized spacial score (nSPS) is 11.7. The van der Waals surface area contributed by atoms with Gasteiger partial charge in [0.2, 0.25) is 0 Å². The summed E-state index contributed by atoms with van der Waals surface area (Å²) < 4.78 is 41.6. The Morgan fingerprint density at radius 1 is 1.21 bits per heavy atom. The monoisotopic (exact) mass is 467 g/mol. The van der Waals surface area contributed by atoms with E-state index in [1.807, 2.05) is 0 Å². The maximum absolute atomic E-state index is 13.6. The van der Waals surface area contributed by atoms with Gasteiger partial charge in [0.25, 0.3) is 5.91 Å². The number of anilines is 1. The summed E-state index contributed by atoms with van der Waals surface area (Å²) >= 11 is 4.45. The number of hydrogen-bond acceptors (Lipinski definition) is 5. The van der Waals surface area contributed by atoms with Crippen LogP contribution in [0.5, 0.6) is 0 Å². The molecule has 142 valence electrons. The number of halogens is 4. The van der Waals surface area contributed by atoms with Crippen LogP contribution in [-0.2, 0) is 6.18 Å². The Balaban J connectivity index is 1.86. The van der Waals surface area contributed by atoms with Gasteiger partial charge in [0.15, 0.2) is 17.0 Å². The van der Waals surface area contributed by atoms with E-state index < -0.39 is 17.8 Å². The molecule has 1 amide bonds. The number of carbonyl (C=O) groups is 1. The van der Waals surface area contributed by atoms with E-state index in [0.29, 0.717) is 15.1 Å². The zero-order chi connectivity index (χ0) is 19.9. The van der Waals surface area contributed by atoms with Crippen molar-refractivity contribution >= 4 is 44.5 Å². The van der Waals surface area contributed by atoms with Gasteiger partial charge in [-0.2, -0.15) is 18.3 Å². The number of fused-ring (bicyclic) bond motifs is 1. The molecule has 4 heterocycles. The van der Waals surface area contributed by atoms with E-state index in [4.69, 9.17) is 0 Å². The number of nitrogens with zero attached hydrogens (tertiary/aromatic N) is 4. The molecule has 0 aliphatic carbocycles. The molecule has 0 saturated carbocycles. The largest absolute Gasteiger partial charge is 0.433 e. The minimum absolute atomic E-state index is 0.0722. The van der Waals surface area contributed by atoms with Crippen LogP contribution < -0.4 is 5.32 Å². The molecular formula is C17H9BrF3N5OS. The second kappa shape index (κ2) is 6.99. The van der Waals surface area contributed by atoms with Crippen molar-refractivity contribution < 1.29 is 18.0 Å². The molecule has 0 fully saturated rings. The van der Waals surface area contributed by atoms with E-state index in [2.05, 4.69) is 36.3 Å². The Labute approximate surface area is 168 Å². The molecule has 0 aliphatic rings. The number of amides is 1. The highest BCUT2D eigenvalue weighted by Crippen LogP contribution is 2.35. The lowest BCUT2D eigenvalue weighted by Crippen LogP contribution is -2.15. The number of hydrogen-bond donors (Lipinski definition) is 1. The number of thiophene rings is 1. The molecule has 0 saturated heterocycles. The first kappa shape index (κ1) is 18.6. The summed E-state index contributed by atoms with van der Waals surface area (Å²) in [4.78, 5) is 21.2. The van der Waals surface area contributed by atoms with Gasteiger partial charge < -0.3 is 5.32 Å². The van der Waals surface area contributed by atoms with Crippen molar-refractivity contribution in [2.75, 3.05) is 5.32 Å². The molecule has 0 aromatic carbocycles. The third-order valence-corrected chi connectivity index (χ3v) is 5.37. The van der Waals surface area contributed by atoms with Gasteiger partial charge >= 0.3 is 6.18 Å². The Bertz CT molecular complexity index is 1160. The van der Waals surface area contributed by atoms with Crippen LogP contribution in [-0.4, -0.2) is 25.5 Å². The Hall–Kier alpha value is -2.79. The van der Waals surface area contributed by atoms with E-state index in [0.717, 1.165) is 6.07 Å². The maximum atomic E-state index is 13.6. The zero-order valence-electron chi connectivity index (χ0n) is 13.7. The van der Waals surface area contributed by atoms with E-state index >= 15 is 0 Å². The van der Waals surface area contributed by atoms with Crippen LogP contribution in [0.1, 0.15) is 16.2 Å². The SMILES string of the molecule is O=C(Nc1ccncc1)c1nn2c(C(F)(F)F)cc(-c3cccs3)nc2c1Br. The fraction of sp³-hybridized carbons (Fsp3) is 0.0588. The molecule has 0 bridgehead atoms. The van der Waals surface area contributed by atoms with E-state index in [-0.39, 0.29) is 21.5 Å². The lowest BCUT2D eigenvalue weighted by Gasteiger charge is -2.10. The number of carbonyl (C=O) groups excluding carboxylic acids is 1. The minimum atomic E-state index is -4.68. The fourth-order valence-electron chi connectivity index (χ4n) is 2.51. The molecule has 28 heavy (non-hydrogen) atoms. The highest BCUT2D eigenvalue weighted by Gasteiger charge is 2.36. The molecule has 0 radical (unpaired) electrons. The molecule has 0 unspecified atom stereocenters. The molecular weight excluding hydrogens is 459 g/mol. The number of nitrogens with one attached hydrogen (secondary N) is 1. The van der Waals surface area contributed by atoms with Gasteiger partial charge in [0.1, 0.15) is 0 Å². The van der Waals surface area contributed by atoms with Crippen molar-refractivity contribution in [2.24, 2.45) is 0 Å². The highest BCUT2D eigenvalue weighted by molar-refractivity contribution is 9.10. The number of aromatic nitrogens is 4. The van der Waals surface area contributed by atoms with Gasteiger partial charge in [-0.15, -0.1) is 11.3 Å². The van der Waals surface area contributed by atoms with Crippen molar-refractivity contribution in [2.45, 2.75) is 6.18 Å². The number of alkyl halides is 3. The standard InChI is InChI=1S/C17H9BrF3N5OS/c18-13-14(16(27)23-9-3-5-22-6-4-9)25-26-12(17(19,20)21)8-10(24-15(13)26)11-2-1-7-28-11/h1-8H,(H,22,23,27). The molecule has 0 aliphatic heterocycles. The molecule has 4 aromatic heterocycles. The van der Waals surface area contributed by atoms with Gasteiger partial charge in [0, 0.05) is 18.1 Å². The number of pyridine rings is 1. The first-order valence-corrected chi connectivity index (χ1v) is 9.43. The van der Waals surface area contributed by atoms with Crippen molar-refractivity contribution in [3.63, 3.8) is 0 Å². The second-order valence-electron chi connectivity index (χ2n) is 5.59. The van der Waals surface area contributed by atoms with Gasteiger partial charge in [0.05, 0.1) is 15.0 Å². The van der Waals surface area contributed by atoms with Gasteiger partial charge in [-0.1, -0.05) is 6.07 Å². The van der Waals surface area contributed by atoms with Crippen molar-refractivity contribution in [3.05, 3.63) is 64.0 Å². The minimum Gasteiger partial charge on any atom is -0.320 e. The predicted molar refractivity (Wildman–Crippen MR) is 101 cm³/mol. The van der Waals surface area contributed by atoms with Gasteiger partial charge in [-0.25, -0.2) is 9.50 Å². The molecule has 11 heteroatoms. The third-order valence-electron chi connectivity index (χ3n) is 3.75.